The monoisotopic (exact) mass is 269 g/mol. The maximum absolute atomic E-state index is 11.0. The molecule has 0 aliphatic rings. The van der Waals surface area contributed by atoms with E-state index < -0.39 is 5.97 Å². The molecule has 0 rings (SSSR count). The Balaban J connectivity index is 3.58. The summed E-state index contributed by atoms with van der Waals surface area (Å²) in [5, 5.41) is 10.3. The number of quaternary nitrogens is 1. The maximum Gasteiger partial charge on any atom is 0.155 e. The molecule has 0 amide bonds. The standard InChI is InChI=1S/C15H27NO3/c1-4-14(17)10-6-5-8-12-16(2,3)13-9-7-11-15(18)19/h4H,1,5-13H2,2-3H3. The molecule has 0 fully saturated rings. The molecule has 4 heteroatoms. The van der Waals surface area contributed by atoms with E-state index in [-0.39, 0.29) is 12.2 Å². The highest BCUT2D eigenvalue weighted by molar-refractivity contribution is 5.88. The molecular weight excluding hydrogens is 242 g/mol. The highest BCUT2D eigenvalue weighted by atomic mass is 16.4. The summed E-state index contributed by atoms with van der Waals surface area (Å²) < 4.78 is 0.905. The number of carboxylic acids is 1. The SMILES string of the molecule is C=CC(=O)CCCCC[N+](C)(C)CCCCC(=O)[O-]. The van der Waals surface area contributed by atoms with E-state index in [1.54, 1.807) is 0 Å². The van der Waals surface area contributed by atoms with Crippen LogP contribution in [0.5, 0.6) is 0 Å². The van der Waals surface area contributed by atoms with Crippen molar-refractivity contribution in [1.29, 1.82) is 0 Å². The number of carbonyl (C=O) groups excluding carboxylic acids is 2. The zero-order chi connectivity index (χ0) is 14.7. The first-order valence-electron chi connectivity index (χ1n) is 7.04. The second-order valence-corrected chi connectivity index (χ2v) is 5.69. The molecule has 0 unspecified atom stereocenters. The number of hydrogen-bond donors (Lipinski definition) is 0. The van der Waals surface area contributed by atoms with Gasteiger partial charge in [0.05, 0.1) is 27.2 Å². The number of aliphatic carboxylic acids is 1. The lowest BCUT2D eigenvalue weighted by Gasteiger charge is -2.30. The van der Waals surface area contributed by atoms with Gasteiger partial charge in [-0.25, -0.2) is 0 Å². The largest absolute Gasteiger partial charge is 0.550 e. The van der Waals surface area contributed by atoms with Crippen LogP contribution in [-0.2, 0) is 9.59 Å². The van der Waals surface area contributed by atoms with Crippen molar-refractivity contribution in [3.63, 3.8) is 0 Å². The van der Waals surface area contributed by atoms with Crippen LogP contribution in [0, 0.1) is 0 Å². The summed E-state index contributed by atoms with van der Waals surface area (Å²) in [7, 11) is 4.32. The summed E-state index contributed by atoms with van der Waals surface area (Å²) in [4.78, 5) is 21.3. The molecule has 0 spiro atoms. The van der Waals surface area contributed by atoms with Crippen LogP contribution in [0.15, 0.2) is 12.7 Å². The summed E-state index contributed by atoms with van der Waals surface area (Å²) in [6.07, 6.45) is 6.82. The van der Waals surface area contributed by atoms with Crippen molar-refractivity contribution in [1.82, 2.24) is 0 Å². The van der Waals surface area contributed by atoms with E-state index in [0.29, 0.717) is 12.8 Å². The van der Waals surface area contributed by atoms with Crippen LogP contribution in [0.25, 0.3) is 0 Å². The van der Waals surface area contributed by atoms with Gasteiger partial charge in [-0.3, -0.25) is 4.79 Å². The Labute approximate surface area is 116 Å². The molecule has 0 saturated carbocycles. The molecule has 0 atom stereocenters. The lowest BCUT2D eigenvalue weighted by molar-refractivity contribution is -0.890. The summed E-state index contributed by atoms with van der Waals surface area (Å²) >= 11 is 0. The highest BCUT2D eigenvalue weighted by Crippen LogP contribution is 2.08. The number of carbonyl (C=O) groups is 2. The van der Waals surface area contributed by atoms with Gasteiger partial charge in [0.25, 0.3) is 0 Å². The predicted octanol–water partition coefficient (Wildman–Crippen LogP) is 1.30. The van der Waals surface area contributed by atoms with Crippen LogP contribution in [0.2, 0.25) is 0 Å². The van der Waals surface area contributed by atoms with Crippen molar-refractivity contribution in [3.05, 3.63) is 12.7 Å². The van der Waals surface area contributed by atoms with Crippen LogP contribution in [0.1, 0.15) is 44.9 Å². The number of allylic oxidation sites excluding steroid dienone is 1. The normalized spacial score (nSPS) is 11.3. The van der Waals surface area contributed by atoms with E-state index in [4.69, 9.17) is 0 Å². The van der Waals surface area contributed by atoms with E-state index in [2.05, 4.69) is 20.7 Å². The molecule has 0 aliphatic heterocycles. The Morgan fingerprint density at radius 1 is 1.00 bits per heavy atom. The van der Waals surface area contributed by atoms with Crippen molar-refractivity contribution >= 4 is 11.8 Å². The van der Waals surface area contributed by atoms with Gasteiger partial charge >= 0.3 is 0 Å². The van der Waals surface area contributed by atoms with Gasteiger partial charge in [0, 0.05) is 12.4 Å². The molecule has 0 aromatic rings. The van der Waals surface area contributed by atoms with Crippen molar-refractivity contribution < 1.29 is 19.2 Å². The van der Waals surface area contributed by atoms with Gasteiger partial charge in [-0.05, 0) is 44.6 Å². The molecule has 0 aliphatic carbocycles. The number of ketones is 1. The number of carboxylic acid groups (broad SMARTS) is 1. The molecule has 0 aromatic heterocycles. The molecule has 0 radical (unpaired) electrons. The summed E-state index contributed by atoms with van der Waals surface area (Å²) in [5.41, 5.74) is 0. The molecule has 19 heavy (non-hydrogen) atoms. The topological polar surface area (TPSA) is 57.2 Å². The Kier molecular flexibility index (Phi) is 9.13. The fourth-order valence-electron chi connectivity index (χ4n) is 2.04. The zero-order valence-corrected chi connectivity index (χ0v) is 12.3. The summed E-state index contributed by atoms with van der Waals surface area (Å²) in [5.74, 6) is -0.840. The van der Waals surface area contributed by atoms with Gasteiger partial charge in [0.2, 0.25) is 0 Å². The molecule has 0 N–H and O–H groups in total. The first kappa shape index (κ1) is 17.8. The average Bonchev–Trinajstić information content (AvgIpc) is 2.33. The van der Waals surface area contributed by atoms with Crippen molar-refractivity contribution in [2.45, 2.75) is 44.9 Å². The van der Waals surface area contributed by atoms with Crippen molar-refractivity contribution in [2.75, 3.05) is 27.2 Å². The number of nitrogens with zero attached hydrogens (tertiary/aromatic N) is 1. The Hall–Kier alpha value is -1.16. The molecule has 0 aromatic carbocycles. The molecular formula is C15H27NO3. The number of hydrogen-bond acceptors (Lipinski definition) is 3. The minimum Gasteiger partial charge on any atom is -0.550 e. The second kappa shape index (κ2) is 9.73. The highest BCUT2D eigenvalue weighted by Gasteiger charge is 2.13. The number of rotatable bonds is 12. The van der Waals surface area contributed by atoms with Gasteiger partial charge in [0.15, 0.2) is 5.78 Å². The zero-order valence-electron chi connectivity index (χ0n) is 12.3. The molecule has 0 saturated heterocycles. The van der Waals surface area contributed by atoms with Gasteiger partial charge in [-0.2, -0.15) is 0 Å². The van der Waals surface area contributed by atoms with Crippen LogP contribution in [-0.4, -0.2) is 43.4 Å². The third kappa shape index (κ3) is 11.7. The third-order valence-corrected chi connectivity index (χ3v) is 3.31. The Bertz CT molecular complexity index is 298. The minimum absolute atomic E-state index is 0.121. The minimum atomic E-state index is -0.961. The van der Waals surface area contributed by atoms with Crippen LogP contribution < -0.4 is 5.11 Å². The smallest absolute Gasteiger partial charge is 0.155 e. The van der Waals surface area contributed by atoms with Crippen LogP contribution >= 0.6 is 0 Å². The molecule has 0 heterocycles. The van der Waals surface area contributed by atoms with Crippen LogP contribution in [0.3, 0.4) is 0 Å². The van der Waals surface area contributed by atoms with Crippen molar-refractivity contribution in [3.8, 4) is 0 Å². The van der Waals surface area contributed by atoms with E-state index in [9.17, 15) is 14.7 Å². The van der Waals surface area contributed by atoms with Gasteiger partial charge < -0.3 is 14.4 Å². The third-order valence-electron chi connectivity index (χ3n) is 3.31. The van der Waals surface area contributed by atoms with Crippen molar-refractivity contribution in [2.24, 2.45) is 0 Å². The summed E-state index contributed by atoms with van der Waals surface area (Å²) in [6, 6.07) is 0. The van der Waals surface area contributed by atoms with Gasteiger partial charge in [0.1, 0.15) is 0 Å². The number of unbranched alkanes of at least 4 members (excludes halogenated alkanes) is 3. The van der Waals surface area contributed by atoms with Crippen LogP contribution in [0.4, 0.5) is 0 Å². The molecule has 4 nitrogen and oxygen atoms in total. The van der Waals surface area contributed by atoms with E-state index in [1.165, 1.54) is 6.08 Å². The maximum atomic E-state index is 11.0. The first-order chi connectivity index (χ1) is 8.87. The molecule has 110 valence electrons. The quantitative estimate of drug-likeness (QED) is 0.305. The predicted molar refractivity (Wildman–Crippen MR) is 74.4 cm³/mol. The van der Waals surface area contributed by atoms with Gasteiger partial charge in [-0.15, -0.1) is 0 Å². The van der Waals surface area contributed by atoms with E-state index in [1.807, 2.05) is 0 Å². The average molecular weight is 269 g/mol. The second-order valence-electron chi connectivity index (χ2n) is 5.69. The fraction of sp³-hybridized carbons (Fsp3) is 0.733. The van der Waals surface area contributed by atoms with E-state index >= 15 is 0 Å². The fourth-order valence-corrected chi connectivity index (χ4v) is 2.04. The summed E-state index contributed by atoms with van der Waals surface area (Å²) in [6.45, 7) is 5.50. The Morgan fingerprint density at radius 2 is 1.53 bits per heavy atom. The lowest BCUT2D eigenvalue weighted by atomic mass is 10.1. The van der Waals surface area contributed by atoms with E-state index in [0.717, 1.165) is 43.3 Å². The Morgan fingerprint density at radius 3 is 2.05 bits per heavy atom. The lowest BCUT2D eigenvalue weighted by Crippen LogP contribution is -2.41. The first-order valence-corrected chi connectivity index (χ1v) is 7.04. The molecule has 0 bridgehead atoms. The van der Waals surface area contributed by atoms with Gasteiger partial charge in [-0.1, -0.05) is 6.58 Å².